The predicted molar refractivity (Wildman–Crippen MR) is 95.0 cm³/mol. The Morgan fingerprint density at radius 3 is 2.08 bits per heavy atom. The maximum absolute atomic E-state index is 12.4. The van der Waals surface area contributed by atoms with Crippen molar-refractivity contribution in [2.75, 3.05) is 19.6 Å². The fourth-order valence-corrected chi connectivity index (χ4v) is 3.71. The zero-order chi connectivity index (χ0) is 18.6. The second kappa shape index (κ2) is 8.01. The first-order chi connectivity index (χ1) is 10.8. The number of nitrogens with zero attached hydrogens (tertiary/aromatic N) is 1. The van der Waals surface area contributed by atoms with E-state index in [-0.39, 0.29) is 18.0 Å². The molecule has 0 aromatic carbocycles. The third kappa shape index (κ3) is 7.36. The van der Waals surface area contributed by atoms with Crippen molar-refractivity contribution in [3.8, 4) is 0 Å². The summed E-state index contributed by atoms with van der Waals surface area (Å²) < 4.78 is 34.2. The minimum Gasteiger partial charge on any atom is -0.444 e. The summed E-state index contributed by atoms with van der Waals surface area (Å²) in [5.74, 6) is 0. The van der Waals surface area contributed by atoms with Gasteiger partial charge in [0, 0.05) is 19.6 Å². The van der Waals surface area contributed by atoms with Gasteiger partial charge in [0.25, 0.3) is 10.2 Å². The molecule has 1 saturated heterocycles. The highest BCUT2D eigenvalue weighted by molar-refractivity contribution is 7.87. The van der Waals surface area contributed by atoms with Crippen LogP contribution in [0.2, 0.25) is 0 Å². The molecule has 0 bridgehead atoms. The number of piperidine rings is 1. The lowest BCUT2D eigenvalue weighted by Crippen LogP contribution is -2.54. The molecule has 0 spiro atoms. The molecule has 0 aromatic heterocycles. The van der Waals surface area contributed by atoms with E-state index in [4.69, 9.17) is 4.74 Å². The summed E-state index contributed by atoms with van der Waals surface area (Å²) in [6.45, 7) is 12.4. The SMILES string of the molecule is CC(C)(C)OC(=O)N[C@@H](CNS(=O)(=O)N1CCCCC1)C(C)(C)C. The molecule has 1 rings (SSSR count). The van der Waals surface area contributed by atoms with Crippen LogP contribution in [0.1, 0.15) is 60.8 Å². The number of carbonyl (C=O) groups excluding carboxylic acids is 1. The van der Waals surface area contributed by atoms with Crippen molar-refractivity contribution < 1.29 is 17.9 Å². The summed E-state index contributed by atoms with van der Waals surface area (Å²) in [5, 5.41) is 2.78. The van der Waals surface area contributed by atoms with Gasteiger partial charge in [0.2, 0.25) is 0 Å². The Hall–Kier alpha value is -0.860. The van der Waals surface area contributed by atoms with Gasteiger partial charge in [-0.25, -0.2) is 9.52 Å². The van der Waals surface area contributed by atoms with Crippen molar-refractivity contribution >= 4 is 16.3 Å². The van der Waals surface area contributed by atoms with Crippen molar-refractivity contribution in [2.24, 2.45) is 5.41 Å². The average Bonchev–Trinajstić information content (AvgIpc) is 2.41. The smallest absolute Gasteiger partial charge is 0.407 e. The zero-order valence-electron chi connectivity index (χ0n) is 15.8. The Labute approximate surface area is 146 Å². The molecule has 24 heavy (non-hydrogen) atoms. The van der Waals surface area contributed by atoms with Gasteiger partial charge in [-0.15, -0.1) is 0 Å². The average molecular weight is 364 g/mol. The van der Waals surface area contributed by atoms with Crippen LogP contribution in [0.5, 0.6) is 0 Å². The van der Waals surface area contributed by atoms with Crippen LogP contribution in [0.4, 0.5) is 4.79 Å². The second-order valence-corrected chi connectivity index (χ2v) is 10.1. The Morgan fingerprint density at radius 2 is 1.62 bits per heavy atom. The molecule has 0 unspecified atom stereocenters. The molecule has 0 aliphatic carbocycles. The van der Waals surface area contributed by atoms with Gasteiger partial charge in [0.15, 0.2) is 0 Å². The first kappa shape index (κ1) is 21.2. The van der Waals surface area contributed by atoms with Crippen molar-refractivity contribution in [1.29, 1.82) is 0 Å². The van der Waals surface area contributed by atoms with Crippen molar-refractivity contribution in [3.05, 3.63) is 0 Å². The molecule has 1 amide bonds. The van der Waals surface area contributed by atoms with Gasteiger partial charge in [0.1, 0.15) is 5.60 Å². The largest absolute Gasteiger partial charge is 0.444 e. The molecular formula is C16H33N3O4S. The molecule has 2 N–H and O–H groups in total. The summed E-state index contributed by atoms with van der Waals surface area (Å²) in [6.07, 6.45) is 2.30. The minimum absolute atomic E-state index is 0.127. The standard InChI is InChI=1S/C16H33N3O4S/c1-15(2,3)13(18-14(20)23-16(4,5)6)12-17-24(21,22)19-10-8-7-9-11-19/h13,17H,7-12H2,1-6H3,(H,18,20)/t13-/m0/s1. The summed E-state index contributed by atoms with van der Waals surface area (Å²) in [7, 11) is -3.52. The van der Waals surface area contributed by atoms with Crippen LogP contribution in [0.15, 0.2) is 0 Å². The lowest BCUT2D eigenvalue weighted by molar-refractivity contribution is 0.0465. The second-order valence-electron chi connectivity index (χ2n) is 8.38. The van der Waals surface area contributed by atoms with Crippen LogP contribution >= 0.6 is 0 Å². The van der Waals surface area contributed by atoms with Crippen LogP contribution < -0.4 is 10.0 Å². The Balaban J connectivity index is 2.68. The van der Waals surface area contributed by atoms with Gasteiger partial charge in [0.05, 0.1) is 6.04 Å². The van der Waals surface area contributed by atoms with Gasteiger partial charge in [-0.05, 0) is 39.0 Å². The van der Waals surface area contributed by atoms with E-state index in [0.717, 1.165) is 19.3 Å². The Bertz CT molecular complexity index is 514. The van der Waals surface area contributed by atoms with Crippen LogP contribution in [-0.4, -0.2) is 50.1 Å². The van der Waals surface area contributed by atoms with Gasteiger partial charge in [-0.1, -0.05) is 27.2 Å². The number of nitrogens with one attached hydrogen (secondary N) is 2. The van der Waals surface area contributed by atoms with E-state index in [0.29, 0.717) is 13.1 Å². The lowest BCUT2D eigenvalue weighted by Gasteiger charge is -2.33. The normalized spacial score (nSPS) is 18.9. The Kier molecular flexibility index (Phi) is 7.07. The molecule has 1 fully saturated rings. The third-order valence-corrected chi connectivity index (χ3v) is 5.44. The minimum atomic E-state index is -3.52. The zero-order valence-corrected chi connectivity index (χ0v) is 16.6. The van der Waals surface area contributed by atoms with Gasteiger partial charge < -0.3 is 10.1 Å². The molecule has 8 heteroatoms. The van der Waals surface area contributed by atoms with Crippen molar-refractivity contribution in [1.82, 2.24) is 14.3 Å². The molecule has 142 valence electrons. The van der Waals surface area contributed by atoms with Gasteiger partial charge in [-0.3, -0.25) is 0 Å². The molecule has 7 nitrogen and oxygen atoms in total. The molecule has 1 heterocycles. The number of ether oxygens (including phenoxy) is 1. The molecular weight excluding hydrogens is 330 g/mol. The Morgan fingerprint density at radius 1 is 1.08 bits per heavy atom. The highest BCUT2D eigenvalue weighted by Crippen LogP contribution is 2.20. The quantitative estimate of drug-likeness (QED) is 0.784. The summed E-state index contributed by atoms with van der Waals surface area (Å²) >= 11 is 0. The summed E-state index contributed by atoms with van der Waals surface area (Å²) in [4.78, 5) is 12.0. The van der Waals surface area contributed by atoms with E-state index in [1.807, 2.05) is 20.8 Å². The molecule has 0 aromatic rings. The molecule has 0 radical (unpaired) electrons. The summed E-state index contributed by atoms with van der Waals surface area (Å²) in [5.41, 5.74) is -0.916. The molecule has 0 saturated carbocycles. The predicted octanol–water partition coefficient (Wildman–Crippen LogP) is 2.25. The lowest BCUT2D eigenvalue weighted by atomic mass is 9.87. The van der Waals surface area contributed by atoms with Gasteiger partial charge in [-0.2, -0.15) is 12.7 Å². The summed E-state index contributed by atoms with van der Waals surface area (Å²) in [6, 6.07) is -0.382. The number of hydrogen-bond donors (Lipinski definition) is 2. The first-order valence-corrected chi connectivity index (χ1v) is 9.99. The van der Waals surface area contributed by atoms with E-state index >= 15 is 0 Å². The van der Waals surface area contributed by atoms with Crippen molar-refractivity contribution in [3.63, 3.8) is 0 Å². The van der Waals surface area contributed by atoms with Crippen LogP contribution in [0, 0.1) is 5.41 Å². The third-order valence-electron chi connectivity index (χ3n) is 3.86. The highest BCUT2D eigenvalue weighted by atomic mass is 32.2. The molecule has 1 aliphatic rings. The molecule has 1 aliphatic heterocycles. The number of alkyl carbamates (subject to hydrolysis) is 1. The van der Waals surface area contributed by atoms with E-state index in [9.17, 15) is 13.2 Å². The fraction of sp³-hybridized carbons (Fsp3) is 0.938. The van der Waals surface area contributed by atoms with E-state index < -0.39 is 21.9 Å². The maximum atomic E-state index is 12.4. The number of hydrogen-bond acceptors (Lipinski definition) is 4. The van der Waals surface area contributed by atoms with Crippen LogP contribution in [-0.2, 0) is 14.9 Å². The highest BCUT2D eigenvalue weighted by Gasteiger charge is 2.31. The van der Waals surface area contributed by atoms with Crippen molar-refractivity contribution in [2.45, 2.75) is 72.4 Å². The maximum Gasteiger partial charge on any atom is 0.407 e. The topological polar surface area (TPSA) is 87.7 Å². The monoisotopic (exact) mass is 363 g/mol. The number of rotatable bonds is 5. The van der Waals surface area contributed by atoms with Crippen LogP contribution in [0.3, 0.4) is 0 Å². The number of amides is 1. The van der Waals surface area contributed by atoms with E-state index in [1.54, 1.807) is 20.8 Å². The van der Waals surface area contributed by atoms with Crippen LogP contribution in [0.25, 0.3) is 0 Å². The van der Waals surface area contributed by atoms with Gasteiger partial charge >= 0.3 is 6.09 Å². The fourth-order valence-electron chi connectivity index (χ4n) is 2.41. The van der Waals surface area contributed by atoms with E-state index in [1.165, 1.54) is 4.31 Å². The number of carbonyl (C=O) groups is 1. The molecule has 1 atom stereocenters. The first-order valence-electron chi connectivity index (χ1n) is 8.55. The van der Waals surface area contributed by atoms with E-state index in [2.05, 4.69) is 10.0 Å².